The van der Waals surface area contributed by atoms with Crippen molar-refractivity contribution in [3.8, 4) is 0 Å². The number of carbonyl (C=O) groups excluding carboxylic acids is 1. The summed E-state index contributed by atoms with van der Waals surface area (Å²) in [5, 5.41) is 3.94. The molecular weight excluding hydrogens is 294 g/mol. The Morgan fingerprint density at radius 2 is 1.86 bits per heavy atom. The lowest BCUT2D eigenvalue weighted by molar-refractivity contribution is -0.123. The molecule has 2 aromatic carbocycles. The van der Waals surface area contributed by atoms with E-state index in [2.05, 4.69) is 11.4 Å². The lowest BCUT2D eigenvalue weighted by Crippen LogP contribution is -2.44. The zero-order chi connectivity index (χ0) is 15.5. The molecule has 0 spiro atoms. The van der Waals surface area contributed by atoms with Crippen LogP contribution in [0.2, 0.25) is 5.02 Å². The Labute approximate surface area is 136 Å². The fourth-order valence-corrected chi connectivity index (χ4v) is 3.19. The van der Waals surface area contributed by atoms with Gasteiger partial charge in [0.25, 0.3) is 0 Å². The minimum atomic E-state index is -0.105. The molecule has 0 aliphatic heterocycles. The fourth-order valence-electron chi connectivity index (χ4n) is 2.99. The summed E-state index contributed by atoms with van der Waals surface area (Å²) in [6.07, 6.45) is 1.99. The van der Waals surface area contributed by atoms with Crippen LogP contribution in [-0.4, -0.2) is 11.9 Å². The monoisotopic (exact) mass is 313 g/mol. The van der Waals surface area contributed by atoms with E-state index in [-0.39, 0.29) is 17.9 Å². The molecule has 0 bridgehead atoms. The summed E-state index contributed by atoms with van der Waals surface area (Å²) in [6, 6.07) is 18.2. The molecule has 3 rings (SSSR count). The maximum atomic E-state index is 12.3. The topological polar surface area (TPSA) is 29.1 Å². The molecule has 0 unspecified atom stereocenters. The Bertz CT molecular complexity index is 649. The third-order valence-electron chi connectivity index (χ3n) is 4.50. The van der Waals surface area contributed by atoms with Crippen molar-refractivity contribution in [2.45, 2.75) is 37.6 Å². The van der Waals surface area contributed by atoms with Crippen LogP contribution in [0.15, 0.2) is 54.6 Å². The molecule has 0 radical (unpaired) electrons. The highest BCUT2D eigenvalue weighted by atomic mass is 35.5. The predicted molar refractivity (Wildman–Crippen MR) is 90.2 cm³/mol. The smallest absolute Gasteiger partial charge is 0.227 e. The zero-order valence-corrected chi connectivity index (χ0v) is 13.4. The van der Waals surface area contributed by atoms with Crippen LogP contribution in [0, 0.1) is 0 Å². The van der Waals surface area contributed by atoms with Crippen LogP contribution in [0.1, 0.15) is 42.7 Å². The molecule has 22 heavy (non-hydrogen) atoms. The maximum absolute atomic E-state index is 12.3. The highest BCUT2D eigenvalue weighted by molar-refractivity contribution is 6.30. The van der Waals surface area contributed by atoms with E-state index in [1.165, 1.54) is 5.56 Å². The third kappa shape index (κ3) is 3.33. The van der Waals surface area contributed by atoms with Crippen molar-refractivity contribution in [3.63, 3.8) is 0 Å². The first-order valence-electron chi connectivity index (χ1n) is 7.74. The number of nitrogens with one attached hydrogen (secondary N) is 1. The number of benzene rings is 2. The quantitative estimate of drug-likeness (QED) is 0.884. The van der Waals surface area contributed by atoms with Crippen molar-refractivity contribution in [2.75, 3.05) is 0 Å². The van der Waals surface area contributed by atoms with Gasteiger partial charge in [-0.2, -0.15) is 0 Å². The average Bonchev–Trinajstić information content (AvgIpc) is 2.50. The number of hydrogen-bond donors (Lipinski definition) is 1. The molecule has 0 saturated heterocycles. The minimum Gasteiger partial charge on any atom is -0.353 e. The van der Waals surface area contributed by atoms with Crippen LogP contribution >= 0.6 is 11.6 Å². The van der Waals surface area contributed by atoms with Gasteiger partial charge < -0.3 is 5.32 Å². The fraction of sp³-hybridized carbons (Fsp3) is 0.316. The van der Waals surface area contributed by atoms with Gasteiger partial charge in [-0.3, -0.25) is 4.79 Å². The molecule has 1 fully saturated rings. The molecule has 1 atom stereocenters. The van der Waals surface area contributed by atoms with Gasteiger partial charge in [0.2, 0.25) is 5.91 Å². The van der Waals surface area contributed by atoms with E-state index in [1.807, 2.05) is 55.5 Å². The summed E-state index contributed by atoms with van der Waals surface area (Å²) in [4.78, 5) is 12.3. The molecule has 1 aliphatic rings. The first kappa shape index (κ1) is 15.1. The SMILES string of the molecule is C[C@H](C(=O)NC1CC(c2cccc(Cl)c2)C1)c1ccccc1. The zero-order valence-electron chi connectivity index (χ0n) is 12.6. The molecule has 3 heteroatoms. The summed E-state index contributed by atoms with van der Waals surface area (Å²) in [7, 11) is 0. The summed E-state index contributed by atoms with van der Waals surface area (Å²) in [6.45, 7) is 1.96. The van der Waals surface area contributed by atoms with Crippen LogP contribution in [0.3, 0.4) is 0 Å². The van der Waals surface area contributed by atoms with Crippen molar-refractivity contribution >= 4 is 17.5 Å². The molecule has 2 aromatic rings. The predicted octanol–water partition coefficient (Wildman–Crippen LogP) is 4.51. The van der Waals surface area contributed by atoms with Gasteiger partial charge in [0, 0.05) is 11.1 Å². The van der Waals surface area contributed by atoms with Crippen LogP contribution in [0.25, 0.3) is 0 Å². The molecule has 0 aromatic heterocycles. The van der Waals surface area contributed by atoms with Gasteiger partial charge in [-0.15, -0.1) is 0 Å². The second-order valence-corrected chi connectivity index (χ2v) is 6.50. The molecular formula is C19H20ClNO. The number of hydrogen-bond acceptors (Lipinski definition) is 1. The second-order valence-electron chi connectivity index (χ2n) is 6.06. The highest BCUT2D eigenvalue weighted by Crippen LogP contribution is 2.37. The van der Waals surface area contributed by atoms with E-state index in [1.54, 1.807) is 0 Å². The number of rotatable bonds is 4. The van der Waals surface area contributed by atoms with Crippen LogP contribution in [-0.2, 0) is 4.79 Å². The van der Waals surface area contributed by atoms with Gasteiger partial charge in [0.1, 0.15) is 0 Å². The molecule has 1 N–H and O–H groups in total. The van der Waals surface area contributed by atoms with Crippen molar-refractivity contribution < 1.29 is 4.79 Å². The van der Waals surface area contributed by atoms with E-state index < -0.39 is 0 Å². The summed E-state index contributed by atoms with van der Waals surface area (Å²) >= 11 is 6.03. The third-order valence-corrected chi connectivity index (χ3v) is 4.73. The van der Waals surface area contributed by atoms with Crippen molar-refractivity contribution in [2.24, 2.45) is 0 Å². The summed E-state index contributed by atoms with van der Waals surface area (Å²) < 4.78 is 0. The van der Waals surface area contributed by atoms with Gasteiger partial charge in [-0.25, -0.2) is 0 Å². The number of halogens is 1. The van der Waals surface area contributed by atoms with E-state index in [4.69, 9.17) is 11.6 Å². The van der Waals surface area contributed by atoms with Crippen LogP contribution in [0.5, 0.6) is 0 Å². The van der Waals surface area contributed by atoms with Crippen molar-refractivity contribution in [3.05, 3.63) is 70.7 Å². The van der Waals surface area contributed by atoms with Crippen molar-refractivity contribution in [1.82, 2.24) is 5.32 Å². The lowest BCUT2D eigenvalue weighted by atomic mass is 9.75. The van der Waals surface area contributed by atoms with Crippen LogP contribution < -0.4 is 5.32 Å². The normalized spacial score (nSPS) is 21.7. The number of carbonyl (C=O) groups is 1. The van der Waals surface area contributed by atoms with E-state index in [0.29, 0.717) is 5.92 Å². The second kappa shape index (κ2) is 6.53. The number of amides is 1. The standard InChI is InChI=1S/C19H20ClNO/c1-13(14-6-3-2-4-7-14)19(22)21-18-11-16(12-18)15-8-5-9-17(20)10-15/h2-10,13,16,18H,11-12H2,1H3,(H,21,22)/t13-,16?,18?/m0/s1. The lowest BCUT2D eigenvalue weighted by Gasteiger charge is -2.37. The van der Waals surface area contributed by atoms with E-state index in [0.717, 1.165) is 23.4 Å². The summed E-state index contributed by atoms with van der Waals surface area (Å²) in [5.41, 5.74) is 2.33. The first-order valence-corrected chi connectivity index (χ1v) is 8.12. The molecule has 1 aliphatic carbocycles. The van der Waals surface area contributed by atoms with Gasteiger partial charge in [-0.05, 0) is 48.9 Å². The molecule has 114 valence electrons. The molecule has 1 saturated carbocycles. The van der Waals surface area contributed by atoms with Crippen LogP contribution in [0.4, 0.5) is 0 Å². The maximum Gasteiger partial charge on any atom is 0.227 e. The molecule has 0 heterocycles. The van der Waals surface area contributed by atoms with E-state index >= 15 is 0 Å². The molecule has 1 amide bonds. The van der Waals surface area contributed by atoms with Crippen molar-refractivity contribution in [1.29, 1.82) is 0 Å². The van der Waals surface area contributed by atoms with E-state index in [9.17, 15) is 4.79 Å². The average molecular weight is 314 g/mol. The van der Waals surface area contributed by atoms with Gasteiger partial charge in [0.15, 0.2) is 0 Å². The summed E-state index contributed by atoms with van der Waals surface area (Å²) in [5.74, 6) is 0.517. The molecule has 2 nitrogen and oxygen atoms in total. The Kier molecular flexibility index (Phi) is 4.49. The van der Waals surface area contributed by atoms with Gasteiger partial charge >= 0.3 is 0 Å². The first-order chi connectivity index (χ1) is 10.6. The van der Waals surface area contributed by atoms with Gasteiger partial charge in [-0.1, -0.05) is 54.1 Å². The Morgan fingerprint density at radius 1 is 1.14 bits per heavy atom. The Hall–Kier alpha value is -1.80. The van der Waals surface area contributed by atoms with Gasteiger partial charge in [0.05, 0.1) is 5.92 Å². The minimum absolute atomic E-state index is 0.105. The Balaban J connectivity index is 1.53. The highest BCUT2D eigenvalue weighted by Gasteiger charge is 2.32. The largest absolute Gasteiger partial charge is 0.353 e. The Morgan fingerprint density at radius 3 is 2.55 bits per heavy atom.